The minimum atomic E-state index is -3.53. The highest BCUT2D eigenvalue weighted by molar-refractivity contribution is 9.09. The van der Waals surface area contributed by atoms with Gasteiger partial charge in [-0.15, -0.1) is 0 Å². The molecular formula is C5H15BrO3SSi. The molecule has 6 heteroatoms. The second-order valence-electron chi connectivity index (χ2n) is 2.13. The Labute approximate surface area is 79.5 Å². The summed E-state index contributed by atoms with van der Waals surface area (Å²) in [6.07, 6.45) is 4.02. The van der Waals surface area contributed by atoms with Gasteiger partial charge in [-0.2, -0.15) is 0 Å². The van der Waals surface area contributed by atoms with Crippen LogP contribution in [0.1, 0.15) is 26.2 Å². The van der Waals surface area contributed by atoms with Gasteiger partial charge in [-0.25, -0.2) is 8.42 Å². The molecule has 0 saturated heterocycles. The van der Waals surface area contributed by atoms with Gasteiger partial charge in [0, 0.05) is 5.33 Å². The van der Waals surface area contributed by atoms with Crippen molar-refractivity contribution in [2.45, 2.75) is 26.2 Å². The van der Waals surface area contributed by atoms with E-state index in [2.05, 4.69) is 22.9 Å². The zero-order chi connectivity index (χ0) is 9.33. The summed E-state index contributed by atoms with van der Waals surface area (Å²) in [5.41, 5.74) is 0. The first-order valence-corrected chi connectivity index (χ1v) is 8.82. The fourth-order valence-corrected chi connectivity index (χ4v) is 0.741. The lowest BCUT2D eigenvalue weighted by Crippen LogP contribution is -1.91. The maximum absolute atomic E-state index is 9.25. The van der Waals surface area contributed by atoms with E-state index in [0.29, 0.717) is 0 Å². The predicted molar refractivity (Wildman–Crippen MR) is 54.8 cm³/mol. The molecule has 11 heavy (non-hydrogen) atoms. The Morgan fingerprint density at radius 3 is 1.91 bits per heavy atom. The first kappa shape index (κ1) is 14.1. The first-order valence-electron chi connectivity index (χ1n) is 3.40. The molecule has 0 amide bonds. The van der Waals surface area contributed by atoms with Gasteiger partial charge in [-0.3, -0.25) is 4.55 Å². The van der Waals surface area contributed by atoms with Crippen LogP contribution < -0.4 is 0 Å². The van der Waals surface area contributed by atoms with Gasteiger partial charge in [-0.05, 0) is 6.42 Å². The lowest BCUT2D eigenvalue weighted by molar-refractivity contribution is 0.501. The lowest BCUT2D eigenvalue weighted by Gasteiger charge is -1.85. The average molecular weight is 263 g/mol. The highest BCUT2D eigenvalue weighted by Crippen LogP contribution is 1.95. The molecule has 0 aromatic carbocycles. The number of halogens is 1. The second-order valence-corrected chi connectivity index (χ2v) is 7.48. The van der Waals surface area contributed by atoms with Crippen LogP contribution in [0.3, 0.4) is 0 Å². The van der Waals surface area contributed by atoms with E-state index in [1.807, 2.05) is 0 Å². The molecule has 0 unspecified atom stereocenters. The van der Waals surface area contributed by atoms with Gasteiger partial charge in [0.15, 0.2) is 9.39 Å². The van der Waals surface area contributed by atoms with E-state index in [0.717, 1.165) is 0 Å². The van der Waals surface area contributed by atoms with Crippen molar-refractivity contribution in [3.63, 3.8) is 0 Å². The number of hydrogen-bond acceptors (Lipinski definition) is 2. The normalized spacial score (nSPS) is 10.5. The van der Waals surface area contributed by atoms with Crippen LogP contribution in [0.4, 0.5) is 0 Å². The van der Waals surface area contributed by atoms with Crippen molar-refractivity contribution >= 4 is 34.9 Å². The van der Waals surface area contributed by atoms with Crippen molar-refractivity contribution < 1.29 is 13.0 Å². The van der Waals surface area contributed by atoms with Crippen molar-refractivity contribution in [2.24, 2.45) is 0 Å². The average Bonchev–Trinajstić information content (AvgIpc) is 1.79. The topological polar surface area (TPSA) is 54.4 Å². The van der Waals surface area contributed by atoms with Crippen LogP contribution in [0.2, 0.25) is 0 Å². The molecule has 3 nitrogen and oxygen atoms in total. The van der Waals surface area contributed by atoms with E-state index in [-0.39, 0.29) is 9.39 Å². The van der Waals surface area contributed by atoms with E-state index >= 15 is 0 Å². The molecule has 0 atom stereocenters. The van der Waals surface area contributed by atoms with E-state index in [4.69, 9.17) is 4.55 Å². The van der Waals surface area contributed by atoms with Crippen LogP contribution in [0, 0.1) is 0 Å². The van der Waals surface area contributed by atoms with Gasteiger partial charge in [0.1, 0.15) is 0 Å². The minimum absolute atomic E-state index is 0.164. The fraction of sp³-hybridized carbons (Fsp3) is 1.00. The second kappa shape index (κ2) is 8.70. The Bertz CT molecular complexity index is 145. The molecule has 0 saturated carbocycles. The molecule has 0 bridgehead atoms. The van der Waals surface area contributed by atoms with Crippen LogP contribution >= 0.6 is 15.9 Å². The number of unbranched alkanes of at least 4 members (excludes halogenated alkanes) is 2. The lowest BCUT2D eigenvalue weighted by atomic mass is 10.3. The van der Waals surface area contributed by atoms with E-state index < -0.39 is 9.57 Å². The van der Waals surface area contributed by atoms with Crippen molar-refractivity contribution in [1.29, 1.82) is 0 Å². The SMILES string of the molecule is CCCCCBr.O=S(=O)(O)[SiH3]. The molecule has 0 rings (SSSR count). The number of hydrogen-bond donors (Lipinski definition) is 1. The van der Waals surface area contributed by atoms with Gasteiger partial charge in [0.2, 0.25) is 9.57 Å². The third-order valence-corrected chi connectivity index (χ3v) is 1.30. The maximum atomic E-state index is 9.25. The Balaban J connectivity index is 0. The van der Waals surface area contributed by atoms with Crippen LogP contribution in [-0.2, 0) is 9.57 Å². The van der Waals surface area contributed by atoms with Crippen LogP contribution in [0.5, 0.6) is 0 Å². The van der Waals surface area contributed by atoms with E-state index in [1.54, 1.807) is 0 Å². The van der Waals surface area contributed by atoms with Crippen LogP contribution in [0.25, 0.3) is 0 Å². The molecular weight excluding hydrogens is 248 g/mol. The zero-order valence-electron chi connectivity index (χ0n) is 6.88. The molecule has 0 aromatic rings. The summed E-state index contributed by atoms with van der Waals surface area (Å²) in [5, 5.41) is 1.17. The van der Waals surface area contributed by atoms with E-state index in [9.17, 15) is 8.42 Å². The number of alkyl halides is 1. The largest absolute Gasteiger partial charge is 0.292 e. The van der Waals surface area contributed by atoms with E-state index in [1.165, 1.54) is 24.6 Å². The van der Waals surface area contributed by atoms with Gasteiger partial charge in [0.25, 0.3) is 0 Å². The molecule has 70 valence electrons. The Morgan fingerprint density at radius 2 is 1.82 bits per heavy atom. The van der Waals surface area contributed by atoms with Crippen molar-refractivity contribution in [3.05, 3.63) is 0 Å². The highest BCUT2D eigenvalue weighted by Gasteiger charge is 1.81. The molecule has 1 N–H and O–H groups in total. The highest BCUT2D eigenvalue weighted by atomic mass is 79.9. The molecule has 0 radical (unpaired) electrons. The fourth-order valence-electron chi connectivity index (χ4n) is 0.344. The molecule has 0 aliphatic rings. The predicted octanol–water partition coefficient (Wildman–Crippen LogP) is 0.726. The van der Waals surface area contributed by atoms with Gasteiger partial charge < -0.3 is 0 Å². The van der Waals surface area contributed by atoms with Crippen molar-refractivity contribution in [1.82, 2.24) is 0 Å². The summed E-state index contributed by atoms with van der Waals surface area (Å²) in [7, 11) is -3.69. The Morgan fingerprint density at radius 1 is 1.45 bits per heavy atom. The van der Waals surface area contributed by atoms with Gasteiger partial charge in [-0.1, -0.05) is 35.7 Å². The van der Waals surface area contributed by atoms with Crippen LogP contribution in [-0.4, -0.2) is 27.7 Å². The third-order valence-electron chi connectivity index (χ3n) is 0.737. The van der Waals surface area contributed by atoms with Gasteiger partial charge >= 0.3 is 0 Å². The van der Waals surface area contributed by atoms with Crippen molar-refractivity contribution in [2.75, 3.05) is 5.33 Å². The molecule has 0 spiro atoms. The summed E-state index contributed by atoms with van der Waals surface area (Å²) < 4.78 is 26.1. The summed E-state index contributed by atoms with van der Waals surface area (Å²) in [4.78, 5) is 0. The summed E-state index contributed by atoms with van der Waals surface area (Å²) >= 11 is 3.35. The summed E-state index contributed by atoms with van der Waals surface area (Å²) in [6.45, 7) is 2.21. The Hall–Kier alpha value is 0.607. The molecule has 0 aromatic heterocycles. The first-order chi connectivity index (χ1) is 4.91. The van der Waals surface area contributed by atoms with Gasteiger partial charge in [0.05, 0.1) is 0 Å². The zero-order valence-corrected chi connectivity index (χ0v) is 11.3. The monoisotopic (exact) mass is 262 g/mol. The molecule has 0 aliphatic carbocycles. The van der Waals surface area contributed by atoms with Crippen LogP contribution in [0.15, 0.2) is 0 Å². The third kappa shape index (κ3) is 60.4. The quantitative estimate of drug-likeness (QED) is 0.353. The minimum Gasteiger partial charge on any atom is -0.292 e. The maximum Gasteiger partial charge on any atom is 0.217 e. The summed E-state index contributed by atoms with van der Waals surface area (Å²) in [6, 6.07) is 0. The molecule has 0 heterocycles. The number of rotatable bonds is 3. The molecule has 0 aliphatic heterocycles. The Kier molecular flexibility index (Phi) is 11.2. The smallest absolute Gasteiger partial charge is 0.217 e. The standard InChI is InChI=1S/C5H11Br.H4O3SSi/c1-2-3-4-5-6;1-4(2,3)5/h2-5H2,1H3;5H3,(H,1,2,3). The summed E-state index contributed by atoms with van der Waals surface area (Å²) in [5.74, 6) is 0. The van der Waals surface area contributed by atoms with Crippen molar-refractivity contribution in [3.8, 4) is 0 Å². The molecule has 0 fully saturated rings.